The van der Waals surface area contributed by atoms with Crippen molar-refractivity contribution >= 4 is 17.5 Å². The van der Waals surface area contributed by atoms with E-state index in [-0.39, 0.29) is 28.6 Å². The van der Waals surface area contributed by atoms with Crippen LogP contribution in [0.15, 0.2) is 73.3 Å². The van der Waals surface area contributed by atoms with Crippen LogP contribution in [0, 0.1) is 13.8 Å². The van der Waals surface area contributed by atoms with E-state index in [9.17, 15) is 14.7 Å². The van der Waals surface area contributed by atoms with Gasteiger partial charge in [-0.15, -0.1) is 0 Å². The summed E-state index contributed by atoms with van der Waals surface area (Å²) < 4.78 is 0. The van der Waals surface area contributed by atoms with Gasteiger partial charge in [0, 0.05) is 6.08 Å². The first-order valence-electron chi connectivity index (χ1n) is 13.9. The summed E-state index contributed by atoms with van der Waals surface area (Å²) in [5.74, 6) is -1.46. The minimum atomic E-state index is -0.867. The number of hydrogen-bond donors (Lipinski definition) is 1. The number of allylic oxidation sites excluding steroid dienone is 1. The molecule has 1 N–H and O–H groups in total. The van der Waals surface area contributed by atoms with Gasteiger partial charge in [0.2, 0.25) is 0 Å². The first-order chi connectivity index (χ1) is 19.1. The Kier molecular flexibility index (Phi) is 9.65. The van der Waals surface area contributed by atoms with Crippen LogP contribution in [0.3, 0.4) is 0 Å². The molecule has 41 heavy (non-hydrogen) atoms. The van der Waals surface area contributed by atoms with E-state index in [0.29, 0.717) is 12.0 Å². The first-order valence-corrected chi connectivity index (χ1v) is 13.9. The quantitative estimate of drug-likeness (QED) is 0.182. The largest absolute Gasteiger partial charge is 0.507 e. The second-order valence-corrected chi connectivity index (χ2v) is 12.6. The van der Waals surface area contributed by atoms with Gasteiger partial charge in [0.1, 0.15) is 5.75 Å². The highest BCUT2D eigenvalue weighted by Gasteiger charge is 2.28. The third kappa shape index (κ3) is 7.97. The second kappa shape index (κ2) is 12.6. The van der Waals surface area contributed by atoms with Crippen molar-refractivity contribution in [2.45, 2.75) is 79.1 Å². The van der Waals surface area contributed by atoms with Crippen molar-refractivity contribution in [3.8, 4) is 5.75 Å². The smallest absolute Gasteiger partial charge is 0.386 e. The molecule has 0 saturated heterocycles. The summed E-state index contributed by atoms with van der Waals surface area (Å²) in [5, 5.41) is 11.2. The van der Waals surface area contributed by atoms with Gasteiger partial charge >= 0.3 is 11.9 Å². The van der Waals surface area contributed by atoms with E-state index in [4.69, 9.17) is 9.78 Å². The lowest BCUT2D eigenvalue weighted by atomic mass is 9.77. The van der Waals surface area contributed by atoms with E-state index in [1.54, 1.807) is 6.08 Å². The average molecular weight is 555 g/mol. The zero-order chi connectivity index (χ0) is 30.5. The van der Waals surface area contributed by atoms with Gasteiger partial charge in [-0.1, -0.05) is 120 Å². The molecule has 3 aromatic rings. The van der Waals surface area contributed by atoms with E-state index in [1.165, 1.54) is 0 Å². The Morgan fingerprint density at radius 3 is 1.95 bits per heavy atom. The summed E-state index contributed by atoms with van der Waals surface area (Å²) in [6.07, 6.45) is 3.54. The van der Waals surface area contributed by atoms with Gasteiger partial charge in [0.25, 0.3) is 0 Å². The molecule has 216 valence electrons. The molecule has 0 aliphatic rings. The van der Waals surface area contributed by atoms with Gasteiger partial charge in [0.15, 0.2) is 0 Å². The molecule has 0 heterocycles. The molecule has 5 nitrogen and oxygen atoms in total. The number of phenolic OH excluding ortho intramolecular Hbond substituents is 1. The zero-order valence-corrected chi connectivity index (χ0v) is 25.6. The molecule has 3 aromatic carbocycles. The second-order valence-electron chi connectivity index (χ2n) is 12.6. The van der Waals surface area contributed by atoms with Crippen molar-refractivity contribution in [3.05, 3.63) is 118 Å². The van der Waals surface area contributed by atoms with Gasteiger partial charge < -0.3 is 5.11 Å². The van der Waals surface area contributed by atoms with E-state index in [0.717, 1.165) is 45.0 Å². The topological polar surface area (TPSA) is 72.8 Å². The van der Waals surface area contributed by atoms with E-state index in [2.05, 4.69) is 72.4 Å². The van der Waals surface area contributed by atoms with Crippen LogP contribution in [0.4, 0.5) is 0 Å². The Hall–Kier alpha value is -4.12. The Bertz CT molecular complexity index is 1460. The normalized spacial score (nSPS) is 12.1. The molecule has 0 bridgehead atoms. The van der Waals surface area contributed by atoms with Crippen molar-refractivity contribution in [1.82, 2.24) is 0 Å². The molecule has 0 amide bonds. The number of aryl methyl sites for hydroxylation is 2. The summed E-state index contributed by atoms with van der Waals surface area (Å²) in [5.41, 5.74) is 7.01. The van der Waals surface area contributed by atoms with E-state index >= 15 is 0 Å². The molecule has 0 unspecified atom stereocenters. The maximum Gasteiger partial charge on any atom is 0.386 e. The summed E-state index contributed by atoms with van der Waals surface area (Å²) in [6, 6.07) is 18.1. The number of aromatic hydroxyl groups is 1. The minimum Gasteiger partial charge on any atom is -0.507 e. The van der Waals surface area contributed by atoms with Gasteiger partial charge in [-0.25, -0.2) is 19.4 Å². The predicted molar refractivity (Wildman–Crippen MR) is 165 cm³/mol. The monoisotopic (exact) mass is 554 g/mol. The molecule has 0 radical (unpaired) electrons. The van der Waals surface area contributed by atoms with Crippen molar-refractivity contribution < 1.29 is 24.5 Å². The van der Waals surface area contributed by atoms with Crippen molar-refractivity contribution in [3.63, 3.8) is 0 Å². The Morgan fingerprint density at radius 1 is 0.829 bits per heavy atom. The fourth-order valence-electron chi connectivity index (χ4n) is 4.96. The lowest BCUT2D eigenvalue weighted by molar-refractivity contribution is -0.249. The molecule has 0 atom stereocenters. The highest BCUT2D eigenvalue weighted by molar-refractivity contribution is 6.17. The number of hydrogen-bond acceptors (Lipinski definition) is 5. The van der Waals surface area contributed by atoms with Crippen molar-refractivity contribution in [2.24, 2.45) is 0 Å². The van der Waals surface area contributed by atoms with Crippen LogP contribution in [0.2, 0.25) is 0 Å². The van der Waals surface area contributed by atoms with Crippen molar-refractivity contribution in [2.75, 3.05) is 0 Å². The predicted octanol–water partition coefficient (Wildman–Crippen LogP) is 8.01. The average Bonchev–Trinajstić information content (AvgIpc) is 2.89. The van der Waals surface area contributed by atoms with Gasteiger partial charge in [-0.3, -0.25) is 0 Å². The number of carbonyl (C=O) groups is 2. The third-order valence-electron chi connectivity index (χ3n) is 6.93. The Balaban J connectivity index is 2.27. The van der Waals surface area contributed by atoms with Crippen LogP contribution in [-0.4, -0.2) is 17.0 Å². The molecule has 0 spiro atoms. The summed E-state index contributed by atoms with van der Waals surface area (Å²) in [4.78, 5) is 35.2. The minimum absolute atomic E-state index is 0.203. The first kappa shape index (κ1) is 31.4. The van der Waals surface area contributed by atoms with Gasteiger partial charge in [-0.05, 0) is 70.9 Å². The molecular formula is C36H42O5. The summed E-state index contributed by atoms with van der Waals surface area (Å²) >= 11 is 0. The number of phenols is 1. The highest BCUT2D eigenvalue weighted by atomic mass is 17.2. The maximum atomic E-state index is 13.7. The molecule has 0 aliphatic carbocycles. The van der Waals surface area contributed by atoms with Crippen molar-refractivity contribution in [1.29, 1.82) is 0 Å². The fourth-order valence-corrected chi connectivity index (χ4v) is 4.96. The van der Waals surface area contributed by atoms with Crippen LogP contribution >= 0.6 is 0 Å². The molecule has 0 saturated carbocycles. The number of rotatable bonds is 7. The zero-order valence-electron chi connectivity index (χ0n) is 25.6. The summed E-state index contributed by atoms with van der Waals surface area (Å²) in [7, 11) is 0. The number of benzene rings is 3. The van der Waals surface area contributed by atoms with Crippen LogP contribution in [0.1, 0.15) is 86.1 Å². The molecule has 3 rings (SSSR count). The lowest BCUT2D eigenvalue weighted by Gasteiger charge is -2.27. The number of carbonyl (C=O) groups excluding carboxylic acids is 2. The molecule has 0 aliphatic heterocycles. The van der Waals surface area contributed by atoms with E-state index in [1.807, 2.05) is 44.2 Å². The third-order valence-corrected chi connectivity index (χ3v) is 6.93. The molecule has 5 heteroatoms. The standard InChI is InChI=1S/C36H42O5/c1-10-31(37)40-41-34(39)28(17-16-26-18-23(2)21-30(33(26)38)36(7,8)9)32-27(22-25-14-12-11-13-15-25)19-24(3)20-29(32)35(4,5)6/h10-15,17-21,38H,1,16,22H2,2-9H3/b28-17-. The van der Waals surface area contributed by atoms with Gasteiger partial charge in [0.05, 0.1) is 5.57 Å². The van der Waals surface area contributed by atoms with Crippen LogP contribution in [-0.2, 0) is 43.0 Å². The summed E-state index contributed by atoms with van der Waals surface area (Å²) in [6.45, 7) is 19.8. The maximum absolute atomic E-state index is 13.7. The van der Waals surface area contributed by atoms with E-state index < -0.39 is 11.9 Å². The fraction of sp³-hybridized carbons (Fsp3) is 0.333. The Labute approximate surface area is 244 Å². The molecule has 0 fully saturated rings. The Morgan fingerprint density at radius 2 is 1.39 bits per heavy atom. The lowest BCUT2D eigenvalue weighted by Crippen LogP contribution is -2.20. The molecular weight excluding hydrogens is 512 g/mol. The highest BCUT2D eigenvalue weighted by Crippen LogP contribution is 2.38. The van der Waals surface area contributed by atoms with Crippen LogP contribution < -0.4 is 0 Å². The van der Waals surface area contributed by atoms with Crippen LogP contribution in [0.25, 0.3) is 5.57 Å². The molecule has 0 aromatic heterocycles. The SMILES string of the molecule is C=CC(=O)OOC(=O)/C(=C\Cc1cc(C)cc(C(C)(C)C)c1O)c1c(Cc2ccccc2)cc(C)cc1C(C)(C)C. The van der Waals surface area contributed by atoms with Crippen LogP contribution in [0.5, 0.6) is 5.75 Å². The van der Waals surface area contributed by atoms with Gasteiger partial charge in [-0.2, -0.15) is 0 Å².